The number of hydrogen-bond donors (Lipinski definition) is 2. The Balaban J connectivity index is 1.80. The molecule has 0 saturated heterocycles. The number of rotatable bonds is 4. The van der Waals surface area contributed by atoms with Gasteiger partial charge in [-0.15, -0.1) is 0 Å². The summed E-state index contributed by atoms with van der Waals surface area (Å²) in [5.41, 5.74) is 7.31. The molecule has 1 atom stereocenters. The topological polar surface area (TPSA) is 53.3 Å². The molecule has 0 aliphatic carbocycles. The number of benzene rings is 2. The van der Waals surface area contributed by atoms with Gasteiger partial charge >= 0.3 is 0 Å². The zero-order valence-electron chi connectivity index (χ0n) is 16.3. The summed E-state index contributed by atoms with van der Waals surface area (Å²) in [6, 6.07) is 14.4. The smallest absolute Gasteiger partial charge is 0.150 e. The number of aryl methyl sites for hydroxylation is 2. The molecular formula is C22H26N4O. The highest BCUT2D eigenvalue weighted by Crippen LogP contribution is 2.41. The van der Waals surface area contributed by atoms with Gasteiger partial charge in [-0.2, -0.15) is 5.10 Å². The highest BCUT2D eigenvalue weighted by Gasteiger charge is 2.28. The van der Waals surface area contributed by atoms with Crippen molar-refractivity contribution in [2.45, 2.75) is 33.9 Å². The van der Waals surface area contributed by atoms with Crippen LogP contribution in [0.25, 0.3) is 11.3 Å². The molecule has 3 aromatic rings. The van der Waals surface area contributed by atoms with Crippen LogP contribution in [0.2, 0.25) is 0 Å². The molecular weight excluding hydrogens is 336 g/mol. The Morgan fingerprint density at radius 2 is 1.85 bits per heavy atom. The molecule has 140 valence electrons. The quantitative estimate of drug-likeness (QED) is 0.707. The minimum absolute atomic E-state index is 0.241. The molecule has 2 aromatic carbocycles. The summed E-state index contributed by atoms with van der Waals surface area (Å²) in [6.07, 6.45) is -0.241. The average molecular weight is 362 g/mol. The molecule has 1 aliphatic rings. The molecule has 5 heteroatoms. The van der Waals surface area contributed by atoms with Gasteiger partial charge in [0.2, 0.25) is 0 Å². The van der Waals surface area contributed by atoms with Crippen LogP contribution in [0.15, 0.2) is 42.5 Å². The van der Waals surface area contributed by atoms with Crippen molar-refractivity contribution >= 4 is 11.4 Å². The summed E-state index contributed by atoms with van der Waals surface area (Å²) < 4.78 is 1.98. The van der Waals surface area contributed by atoms with E-state index in [1.807, 2.05) is 23.7 Å². The Morgan fingerprint density at radius 3 is 2.56 bits per heavy atom. The monoisotopic (exact) mass is 362 g/mol. The third-order valence-electron chi connectivity index (χ3n) is 5.28. The second kappa shape index (κ2) is 6.65. The number of aromatic nitrogens is 2. The van der Waals surface area contributed by atoms with Crippen molar-refractivity contribution < 1.29 is 5.11 Å². The van der Waals surface area contributed by atoms with Gasteiger partial charge < -0.3 is 15.3 Å². The minimum Gasteiger partial charge on any atom is -0.507 e. The van der Waals surface area contributed by atoms with E-state index in [2.05, 4.69) is 61.3 Å². The zero-order valence-corrected chi connectivity index (χ0v) is 16.3. The van der Waals surface area contributed by atoms with Crippen LogP contribution in [0, 0.1) is 13.8 Å². The van der Waals surface area contributed by atoms with E-state index in [4.69, 9.17) is 5.10 Å². The standard InChI is InChI=1S/C22H26N4O/c1-5-25(6-2)16-8-9-17(21(27)13-16)22-23-19-10-7-14(3)11-18(19)20-12-15(4)24-26(20)22/h7-13,22-23,27H,5-6H2,1-4H3. The van der Waals surface area contributed by atoms with Gasteiger partial charge in [0.25, 0.3) is 0 Å². The lowest BCUT2D eigenvalue weighted by atomic mass is 10.0. The maximum atomic E-state index is 10.8. The molecule has 5 nitrogen and oxygen atoms in total. The van der Waals surface area contributed by atoms with Crippen LogP contribution >= 0.6 is 0 Å². The molecule has 1 unspecified atom stereocenters. The first-order chi connectivity index (χ1) is 13.0. The SMILES string of the molecule is CCN(CC)c1ccc(C2Nc3ccc(C)cc3-c3cc(C)nn32)c(O)c1. The Morgan fingerprint density at radius 1 is 1.07 bits per heavy atom. The van der Waals surface area contributed by atoms with E-state index in [0.29, 0.717) is 0 Å². The molecule has 0 fully saturated rings. The molecule has 1 aliphatic heterocycles. The largest absolute Gasteiger partial charge is 0.507 e. The number of hydrogen-bond acceptors (Lipinski definition) is 4. The molecule has 0 saturated carbocycles. The Kier molecular flexibility index (Phi) is 4.30. The van der Waals surface area contributed by atoms with Crippen molar-refractivity contribution in [1.82, 2.24) is 9.78 Å². The number of anilines is 2. The highest BCUT2D eigenvalue weighted by molar-refractivity contribution is 5.79. The lowest BCUT2D eigenvalue weighted by molar-refractivity contribution is 0.452. The number of nitrogens with one attached hydrogen (secondary N) is 1. The Bertz CT molecular complexity index is 988. The molecule has 27 heavy (non-hydrogen) atoms. The van der Waals surface area contributed by atoms with Crippen molar-refractivity contribution in [3.05, 3.63) is 59.3 Å². The normalized spacial score (nSPS) is 15.0. The van der Waals surface area contributed by atoms with Crippen molar-refractivity contribution in [1.29, 1.82) is 0 Å². The number of fused-ring (bicyclic) bond motifs is 3. The van der Waals surface area contributed by atoms with Crippen LogP contribution in [0.1, 0.15) is 36.8 Å². The Hall–Kier alpha value is -2.95. The second-order valence-electron chi connectivity index (χ2n) is 7.13. The summed E-state index contributed by atoms with van der Waals surface area (Å²) >= 11 is 0. The van der Waals surface area contributed by atoms with Gasteiger partial charge in [0.1, 0.15) is 5.75 Å². The number of aromatic hydroxyl groups is 1. The second-order valence-corrected chi connectivity index (χ2v) is 7.13. The number of nitrogens with zero attached hydrogens (tertiary/aromatic N) is 3. The highest BCUT2D eigenvalue weighted by atomic mass is 16.3. The van der Waals surface area contributed by atoms with E-state index in [-0.39, 0.29) is 11.9 Å². The van der Waals surface area contributed by atoms with Gasteiger partial charge in [0.15, 0.2) is 6.17 Å². The zero-order chi connectivity index (χ0) is 19.1. The Labute approximate surface area is 160 Å². The van der Waals surface area contributed by atoms with Crippen molar-refractivity contribution in [3.63, 3.8) is 0 Å². The van der Waals surface area contributed by atoms with E-state index >= 15 is 0 Å². The predicted molar refractivity (Wildman–Crippen MR) is 111 cm³/mol. The van der Waals surface area contributed by atoms with Crippen LogP contribution in [0.3, 0.4) is 0 Å². The molecule has 2 heterocycles. The van der Waals surface area contributed by atoms with Gasteiger partial charge in [-0.3, -0.25) is 0 Å². The number of phenols is 1. The summed E-state index contributed by atoms with van der Waals surface area (Å²) in [4.78, 5) is 2.22. The third kappa shape index (κ3) is 2.93. The van der Waals surface area contributed by atoms with Crippen LogP contribution in [-0.2, 0) is 0 Å². The van der Waals surface area contributed by atoms with E-state index < -0.39 is 0 Å². The van der Waals surface area contributed by atoms with Crippen LogP contribution in [-0.4, -0.2) is 28.0 Å². The molecule has 2 N–H and O–H groups in total. The third-order valence-corrected chi connectivity index (χ3v) is 5.28. The fourth-order valence-corrected chi connectivity index (χ4v) is 3.88. The van der Waals surface area contributed by atoms with Crippen molar-refractivity contribution in [2.75, 3.05) is 23.3 Å². The van der Waals surface area contributed by atoms with Gasteiger partial charge in [0.05, 0.1) is 11.4 Å². The van der Waals surface area contributed by atoms with Crippen molar-refractivity contribution in [2.24, 2.45) is 0 Å². The molecule has 0 bridgehead atoms. The van der Waals surface area contributed by atoms with Crippen LogP contribution in [0.4, 0.5) is 11.4 Å². The van der Waals surface area contributed by atoms with Gasteiger partial charge in [-0.05, 0) is 58.0 Å². The maximum Gasteiger partial charge on any atom is 0.150 e. The predicted octanol–water partition coefficient (Wildman–Crippen LogP) is 4.69. The van der Waals surface area contributed by atoms with Gasteiger partial charge in [-0.1, -0.05) is 11.6 Å². The lowest BCUT2D eigenvalue weighted by Gasteiger charge is -2.30. The van der Waals surface area contributed by atoms with Gasteiger partial charge in [0, 0.05) is 41.7 Å². The minimum atomic E-state index is -0.241. The lowest BCUT2D eigenvalue weighted by Crippen LogP contribution is -2.26. The molecule has 1 aromatic heterocycles. The molecule has 0 spiro atoms. The molecule has 4 rings (SSSR count). The van der Waals surface area contributed by atoms with Crippen molar-refractivity contribution in [3.8, 4) is 17.0 Å². The molecule has 0 amide bonds. The average Bonchev–Trinajstić information content (AvgIpc) is 3.04. The summed E-state index contributed by atoms with van der Waals surface area (Å²) in [5, 5.41) is 19.1. The van der Waals surface area contributed by atoms with E-state index in [0.717, 1.165) is 47.0 Å². The number of phenolic OH excluding ortho intramolecular Hbond substituents is 1. The fraction of sp³-hybridized carbons (Fsp3) is 0.318. The summed E-state index contributed by atoms with van der Waals surface area (Å²) in [6.45, 7) is 10.2. The first-order valence-electron chi connectivity index (χ1n) is 9.53. The van der Waals surface area contributed by atoms with E-state index in [1.165, 1.54) is 5.56 Å². The van der Waals surface area contributed by atoms with Crippen LogP contribution < -0.4 is 10.2 Å². The van der Waals surface area contributed by atoms with Gasteiger partial charge in [-0.25, -0.2) is 4.68 Å². The van der Waals surface area contributed by atoms with Crippen LogP contribution in [0.5, 0.6) is 5.75 Å². The molecule has 0 radical (unpaired) electrons. The fourth-order valence-electron chi connectivity index (χ4n) is 3.88. The van der Waals surface area contributed by atoms with E-state index in [1.54, 1.807) is 0 Å². The maximum absolute atomic E-state index is 10.8. The summed E-state index contributed by atoms with van der Waals surface area (Å²) in [5.74, 6) is 0.284. The van der Waals surface area contributed by atoms with E-state index in [9.17, 15) is 5.11 Å². The summed E-state index contributed by atoms with van der Waals surface area (Å²) in [7, 11) is 0. The first kappa shape index (κ1) is 17.5. The first-order valence-corrected chi connectivity index (χ1v) is 9.53.